The van der Waals surface area contributed by atoms with Crippen LogP contribution in [0, 0.1) is 0 Å². The highest BCUT2D eigenvalue weighted by Gasteiger charge is 2.58. The maximum Gasteiger partial charge on any atom is 0.389 e. The zero-order chi connectivity index (χ0) is 23.4. The highest BCUT2D eigenvalue weighted by atomic mass is 19.4. The van der Waals surface area contributed by atoms with Gasteiger partial charge in [-0.2, -0.15) is 13.2 Å². The molecule has 2 aliphatic heterocycles. The van der Waals surface area contributed by atoms with E-state index >= 15 is 0 Å². The number of likely N-dealkylation sites (tertiary alicyclic amines) is 1. The smallest absolute Gasteiger partial charge is 0.340 e. The second-order valence-corrected chi connectivity index (χ2v) is 9.36. The molecule has 0 bridgehead atoms. The number of fused-ring (bicyclic) bond motifs is 3. The normalized spacial score (nSPS) is 19.0. The number of aryl methyl sites for hydroxylation is 1. The Balaban J connectivity index is 1.45. The minimum Gasteiger partial charge on any atom is -0.340 e. The van der Waals surface area contributed by atoms with Gasteiger partial charge in [0.25, 0.3) is 0 Å². The molecule has 3 heterocycles. The molecule has 1 aromatic carbocycles. The van der Waals surface area contributed by atoms with Crippen LogP contribution < -0.4 is 4.90 Å². The Morgan fingerprint density at radius 2 is 1.88 bits per heavy atom. The average Bonchev–Trinajstić information content (AvgIpc) is 3.19. The number of halogens is 3. The Hall–Kier alpha value is -2.84. The van der Waals surface area contributed by atoms with E-state index in [0.717, 1.165) is 48.3 Å². The van der Waals surface area contributed by atoms with Crippen LogP contribution in [0.15, 0.2) is 24.3 Å². The summed E-state index contributed by atoms with van der Waals surface area (Å²) in [4.78, 5) is 33.6. The number of imidazole rings is 1. The molecule has 0 N–H and O–H groups in total. The van der Waals surface area contributed by atoms with Crippen molar-refractivity contribution < 1.29 is 22.8 Å². The van der Waals surface area contributed by atoms with E-state index in [2.05, 4.69) is 0 Å². The Kier molecular flexibility index (Phi) is 5.25. The molecule has 9 heteroatoms. The molecule has 6 nitrogen and oxygen atoms in total. The first kappa shape index (κ1) is 22.0. The van der Waals surface area contributed by atoms with E-state index in [-0.39, 0.29) is 31.3 Å². The third kappa shape index (κ3) is 3.71. The molecule has 2 amide bonds. The van der Waals surface area contributed by atoms with Crippen molar-refractivity contribution in [2.24, 2.45) is 0 Å². The van der Waals surface area contributed by atoms with Crippen molar-refractivity contribution in [2.75, 3.05) is 18.0 Å². The van der Waals surface area contributed by atoms with Crippen molar-refractivity contribution in [3.8, 4) is 0 Å². The highest BCUT2D eigenvalue weighted by Crippen LogP contribution is 2.47. The summed E-state index contributed by atoms with van der Waals surface area (Å²) in [5.74, 6) is 0.522. The fourth-order valence-electron chi connectivity index (χ4n) is 5.51. The molecule has 5 rings (SSSR count). The Bertz CT molecular complexity index is 1100. The van der Waals surface area contributed by atoms with Crippen LogP contribution in [0.2, 0.25) is 0 Å². The fraction of sp³-hybridized carbons (Fsp3) is 0.542. The largest absolute Gasteiger partial charge is 0.389 e. The number of nitrogens with zero attached hydrogens (tertiary/aromatic N) is 4. The zero-order valence-electron chi connectivity index (χ0n) is 18.6. The van der Waals surface area contributed by atoms with Gasteiger partial charge in [0.2, 0.25) is 11.8 Å². The predicted molar refractivity (Wildman–Crippen MR) is 116 cm³/mol. The van der Waals surface area contributed by atoms with Crippen LogP contribution in [0.25, 0.3) is 0 Å². The van der Waals surface area contributed by atoms with Crippen LogP contribution in [0.5, 0.6) is 0 Å². The third-order valence-electron chi connectivity index (χ3n) is 7.19. The Labute approximate surface area is 190 Å². The number of hydrogen-bond acceptors (Lipinski definition) is 3. The topological polar surface area (TPSA) is 58.4 Å². The third-order valence-corrected chi connectivity index (χ3v) is 7.19. The predicted octanol–water partition coefficient (Wildman–Crippen LogP) is 3.75. The van der Waals surface area contributed by atoms with Gasteiger partial charge in [0, 0.05) is 44.4 Å². The van der Waals surface area contributed by atoms with Crippen LogP contribution in [-0.2, 0) is 40.9 Å². The second kappa shape index (κ2) is 7.88. The number of carbonyl (C=O) groups excluding carboxylic acids is 2. The number of amides is 2. The van der Waals surface area contributed by atoms with Gasteiger partial charge in [-0.15, -0.1) is 0 Å². The molecule has 0 radical (unpaired) electrons. The van der Waals surface area contributed by atoms with Crippen LogP contribution in [0.3, 0.4) is 0 Å². The SMILES string of the molecule is CC(=O)N1CC2(C1)C(=O)N(Cc1nc3c(n1CCCC(F)(F)F)CCCC3)c1ccccc12. The van der Waals surface area contributed by atoms with Crippen LogP contribution in [0.1, 0.15) is 55.4 Å². The summed E-state index contributed by atoms with van der Waals surface area (Å²) in [6, 6.07) is 7.60. The average molecular weight is 461 g/mol. The summed E-state index contributed by atoms with van der Waals surface area (Å²) < 4.78 is 40.3. The van der Waals surface area contributed by atoms with E-state index in [1.807, 2.05) is 28.8 Å². The molecule has 33 heavy (non-hydrogen) atoms. The lowest BCUT2D eigenvalue weighted by Gasteiger charge is -2.46. The molecular formula is C24H27F3N4O2. The Morgan fingerprint density at radius 3 is 2.61 bits per heavy atom. The molecular weight excluding hydrogens is 433 g/mol. The van der Waals surface area contributed by atoms with Crippen LogP contribution in [-0.4, -0.2) is 45.5 Å². The van der Waals surface area contributed by atoms with E-state index in [1.165, 1.54) is 6.92 Å². The van der Waals surface area contributed by atoms with E-state index < -0.39 is 18.0 Å². The van der Waals surface area contributed by atoms with Gasteiger partial charge in [-0.05, 0) is 43.7 Å². The lowest BCUT2D eigenvalue weighted by atomic mass is 9.74. The number of rotatable bonds is 5. The van der Waals surface area contributed by atoms with Crippen molar-refractivity contribution in [3.05, 3.63) is 47.0 Å². The summed E-state index contributed by atoms with van der Waals surface area (Å²) in [6.45, 7) is 2.66. The summed E-state index contributed by atoms with van der Waals surface area (Å²) in [5.41, 5.74) is 2.93. The van der Waals surface area contributed by atoms with Crippen molar-refractivity contribution in [1.82, 2.24) is 14.5 Å². The van der Waals surface area contributed by atoms with Crippen molar-refractivity contribution in [3.63, 3.8) is 0 Å². The van der Waals surface area contributed by atoms with E-state index in [4.69, 9.17) is 4.98 Å². The van der Waals surface area contributed by atoms with Crippen LogP contribution >= 0.6 is 0 Å². The molecule has 1 aromatic heterocycles. The maximum atomic E-state index is 13.6. The molecule has 1 fully saturated rings. The van der Waals surface area contributed by atoms with Gasteiger partial charge in [0.15, 0.2) is 0 Å². The van der Waals surface area contributed by atoms with Gasteiger partial charge in [-0.25, -0.2) is 4.98 Å². The first-order chi connectivity index (χ1) is 15.7. The van der Waals surface area contributed by atoms with E-state index in [1.54, 1.807) is 9.80 Å². The monoisotopic (exact) mass is 460 g/mol. The first-order valence-corrected chi connectivity index (χ1v) is 11.5. The quantitative estimate of drug-likeness (QED) is 0.683. The van der Waals surface area contributed by atoms with Gasteiger partial charge in [0.05, 0.1) is 12.2 Å². The van der Waals surface area contributed by atoms with Crippen LogP contribution in [0.4, 0.5) is 18.9 Å². The summed E-state index contributed by atoms with van der Waals surface area (Å²) in [7, 11) is 0. The number of carbonyl (C=O) groups is 2. The number of para-hydroxylation sites is 1. The van der Waals surface area contributed by atoms with Crippen molar-refractivity contribution in [1.29, 1.82) is 0 Å². The minimum absolute atomic E-state index is 0.0126. The maximum absolute atomic E-state index is 13.6. The van der Waals surface area contributed by atoms with Gasteiger partial charge in [0.1, 0.15) is 11.2 Å². The standard InChI is InChI=1S/C24H27F3N4O2/c1-16(32)29-14-23(15-29)17-7-2-4-9-19(17)31(22(23)33)13-21-28-18-8-3-5-10-20(18)30(21)12-6-11-24(25,26)27/h2,4,7,9H,3,5-6,8,10-15H2,1H3. The van der Waals surface area contributed by atoms with Crippen molar-refractivity contribution >= 4 is 17.5 Å². The molecule has 1 spiro atoms. The fourth-order valence-corrected chi connectivity index (χ4v) is 5.51. The second-order valence-electron chi connectivity index (χ2n) is 9.36. The Morgan fingerprint density at radius 1 is 1.15 bits per heavy atom. The summed E-state index contributed by atoms with van der Waals surface area (Å²) >= 11 is 0. The zero-order valence-corrected chi connectivity index (χ0v) is 18.6. The molecule has 176 valence electrons. The lowest BCUT2D eigenvalue weighted by molar-refractivity contribution is -0.142. The first-order valence-electron chi connectivity index (χ1n) is 11.5. The van der Waals surface area contributed by atoms with Crippen molar-refractivity contribution in [2.45, 2.75) is 70.1 Å². The number of aromatic nitrogens is 2. The molecule has 0 atom stereocenters. The lowest BCUT2D eigenvalue weighted by Crippen LogP contribution is -2.64. The molecule has 3 aliphatic rings. The number of anilines is 1. The van der Waals surface area contributed by atoms with Gasteiger partial charge < -0.3 is 14.4 Å². The molecule has 2 aromatic rings. The summed E-state index contributed by atoms with van der Waals surface area (Å²) in [5, 5.41) is 0. The molecule has 1 saturated heterocycles. The number of alkyl halides is 3. The molecule has 0 unspecified atom stereocenters. The number of hydrogen-bond donors (Lipinski definition) is 0. The molecule has 1 aliphatic carbocycles. The van der Waals surface area contributed by atoms with Gasteiger partial charge in [-0.1, -0.05) is 18.2 Å². The minimum atomic E-state index is -4.19. The summed E-state index contributed by atoms with van der Waals surface area (Å²) in [6.07, 6.45) is -1.42. The highest BCUT2D eigenvalue weighted by molar-refractivity contribution is 6.09. The molecule has 0 saturated carbocycles. The van der Waals surface area contributed by atoms with Gasteiger partial charge in [-0.3, -0.25) is 9.59 Å². The van der Waals surface area contributed by atoms with Gasteiger partial charge >= 0.3 is 6.18 Å². The van der Waals surface area contributed by atoms with E-state index in [0.29, 0.717) is 18.9 Å². The van der Waals surface area contributed by atoms with E-state index in [9.17, 15) is 22.8 Å². The number of benzene rings is 1.